The molecule has 0 aliphatic carbocycles. The second-order valence-corrected chi connectivity index (χ2v) is 6.35. The molecule has 1 aromatic carbocycles. The standard InChI is InChI=1S/C16H25N3O2/c1-16(2,21)14-10-7-11-19(14)15(20)17-12-8-5-6-9-13(12)18(3)4/h5-6,8-9,14,21H,7,10-11H2,1-4H3,(H,17,20). The Morgan fingerprint density at radius 1 is 1.38 bits per heavy atom. The van der Waals surface area contributed by atoms with Crippen LogP contribution in [0.15, 0.2) is 24.3 Å². The Morgan fingerprint density at radius 3 is 2.67 bits per heavy atom. The molecule has 5 heteroatoms. The number of hydrogen-bond acceptors (Lipinski definition) is 3. The Labute approximate surface area is 126 Å². The smallest absolute Gasteiger partial charge is 0.322 e. The molecule has 2 N–H and O–H groups in total. The van der Waals surface area contributed by atoms with Crippen molar-refractivity contribution in [2.45, 2.75) is 38.3 Å². The highest BCUT2D eigenvalue weighted by atomic mass is 16.3. The van der Waals surface area contributed by atoms with Crippen molar-refractivity contribution in [3.05, 3.63) is 24.3 Å². The zero-order valence-electron chi connectivity index (χ0n) is 13.3. The topological polar surface area (TPSA) is 55.8 Å². The molecule has 1 saturated heterocycles. The van der Waals surface area contributed by atoms with E-state index in [0.29, 0.717) is 6.54 Å². The van der Waals surface area contributed by atoms with E-state index in [2.05, 4.69) is 5.32 Å². The molecule has 1 atom stereocenters. The van der Waals surface area contributed by atoms with Crippen molar-refractivity contribution in [1.82, 2.24) is 4.90 Å². The van der Waals surface area contributed by atoms with Gasteiger partial charge in [-0.15, -0.1) is 0 Å². The van der Waals surface area contributed by atoms with E-state index in [1.807, 2.05) is 43.3 Å². The fraction of sp³-hybridized carbons (Fsp3) is 0.562. The molecule has 0 spiro atoms. The molecule has 2 amide bonds. The van der Waals surface area contributed by atoms with Gasteiger partial charge in [0.05, 0.1) is 23.0 Å². The monoisotopic (exact) mass is 291 g/mol. The zero-order chi connectivity index (χ0) is 15.6. The maximum atomic E-state index is 12.5. The normalized spacial score (nSPS) is 18.7. The third-order valence-corrected chi connectivity index (χ3v) is 3.96. The number of benzene rings is 1. The lowest BCUT2D eigenvalue weighted by Gasteiger charge is -2.34. The number of nitrogens with zero attached hydrogens (tertiary/aromatic N) is 2. The molecule has 21 heavy (non-hydrogen) atoms. The number of urea groups is 1. The molecule has 0 saturated carbocycles. The van der Waals surface area contributed by atoms with Crippen molar-refractivity contribution in [3.8, 4) is 0 Å². The third kappa shape index (κ3) is 3.47. The molecule has 116 valence electrons. The number of anilines is 2. The third-order valence-electron chi connectivity index (χ3n) is 3.96. The van der Waals surface area contributed by atoms with Gasteiger partial charge in [-0.1, -0.05) is 12.1 Å². The maximum absolute atomic E-state index is 12.5. The molecular weight excluding hydrogens is 266 g/mol. The van der Waals surface area contributed by atoms with E-state index >= 15 is 0 Å². The minimum atomic E-state index is -0.880. The van der Waals surface area contributed by atoms with Crippen LogP contribution < -0.4 is 10.2 Å². The molecule has 0 radical (unpaired) electrons. The fourth-order valence-corrected chi connectivity index (χ4v) is 2.90. The second-order valence-electron chi connectivity index (χ2n) is 6.35. The average Bonchev–Trinajstić information content (AvgIpc) is 2.88. The van der Waals surface area contributed by atoms with Crippen LogP contribution in [0.5, 0.6) is 0 Å². The first-order valence-electron chi connectivity index (χ1n) is 7.37. The molecular formula is C16H25N3O2. The van der Waals surface area contributed by atoms with E-state index in [1.165, 1.54) is 0 Å². The predicted octanol–water partition coefficient (Wildman–Crippen LogP) is 2.52. The summed E-state index contributed by atoms with van der Waals surface area (Å²) in [5.41, 5.74) is 0.869. The van der Waals surface area contributed by atoms with Crippen LogP contribution in [0.4, 0.5) is 16.2 Å². The summed E-state index contributed by atoms with van der Waals surface area (Å²) < 4.78 is 0. The second kappa shape index (κ2) is 5.93. The first-order chi connectivity index (χ1) is 9.80. The number of amides is 2. The van der Waals surface area contributed by atoms with Crippen LogP contribution in [0, 0.1) is 0 Å². The summed E-state index contributed by atoms with van der Waals surface area (Å²) in [5.74, 6) is 0. The van der Waals surface area contributed by atoms with Gasteiger partial charge in [-0.05, 0) is 38.8 Å². The minimum Gasteiger partial charge on any atom is -0.388 e. The van der Waals surface area contributed by atoms with Gasteiger partial charge in [0.1, 0.15) is 0 Å². The van der Waals surface area contributed by atoms with Crippen molar-refractivity contribution in [2.75, 3.05) is 30.9 Å². The van der Waals surface area contributed by atoms with E-state index in [4.69, 9.17) is 0 Å². The van der Waals surface area contributed by atoms with Crippen LogP contribution in [0.25, 0.3) is 0 Å². The lowest BCUT2D eigenvalue weighted by molar-refractivity contribution is 0.0117. The van der Waals surface area contributed by atoms with E-state index in [-0.39, 0.29) is 12.1 Å². The van der Waals surface area contributed by atoms with Crippen LogP contribution in [0.3, 0.4) is 0 Å². The summed E-state index contributed by atoms with van der Waals surface area (Å²) in [7, 11) is 3.89. The van der Waals surface area contributed by atoms with Crippen LogP contribution in [-0.4, -0.2) is 48.3 Å². The van der Waals surface area contributed by atoms with Crippen molar-refractivity contribution in [2.24, 2.45) is 0 Å². The van der Waals surface area contributed by atoms with Crippen molar-refractivity contribution in [1.29, 1.82) is 0 Å². The van der Waals surface area contributed by atoms with Gasteiger partial charge in [-0.3, -0.25) is 0 Å². The Balaban J connectivity index is 2.15. The SMILES string of the molecule is CN(C)c1ccccc1NC(=O)N1CCCC1C(C)(C)O. The molecule has 1 aliphatic rings. The first-order valence-corrected chi connectivity index (χ1v) is 7.37. The lowest BCUT2D eigenvalue weighted by atomic mass is 9.97. The molecule has 0 bridgehead atoms. The number of nitrogens with one attached hydrogen (secondary N) is 1. The quantitative estimate of drug-likeness (QED) is 0.899. The Bertz CT molecular complexity index is 508. The number of carbonyl (C=O) groups is 1. The molecule has 1 unspecified atom stereocenters. The largest absolute Gasteiger partial charge is 0.388 e. The van der Waals surface area contributed by atoms with Crippen LogP contribution in [0.1, 0.15) is 26.7 Å². The van der Waals surface area contributed by atoms with Crippen molar-refractivity contribution < 1.29 is 9.90 Å². The highest BCUT2D eigenvalue weighted by molar-refractivity contribution is 5.93. The maximum Gasteiger partial charge on any atom is 0.322 e. The summed E-state index contributed by atoms with van der Waals surface area (Å²) in [4.78, 5) is 16.2. The highest BCUT2D eigenvalue weighted by Gasteiger charge is 2.38. The number of para-hydroxylation sites is 2. The number of likely N-dealkylation sites (tertiary alicyclic amines) is 1. The van der Waals surface area contributed by atoms with Gasteiger partial charge in [0.15, 0.2) is 0 Å². The Hall–Kier alpha value is -1.75. The summed E-state index contributed by atoms with van der Waals surface area (Å²) >= 11 is 0. The van der Waals surface area contributed by atoms with Gasteiger partial charge < -0.3 is 20.2 Å². The van der Waals surface area contributed by atoms with Crippen molar-refractivity contribution in [3.63, 3.8) is 0 Å². The number of rotatable bonds is 3. The fourth-order valence-electron chi connectivity index (χ4n) is 2.90. The Morgan fingerprint density at radius 2 is 2.05 bits per heavy atom. The summed E-state index contributed by atoms with van der Waals surface area (Å²) in [5, 5.41) is 13.2. The van der Waals surface area contributed by atoms with Gasteiger partial charge in [0, 0.05) is 20.6 Å². The number of aliphatic hydroxyl groups is 1. The van der Waals surface area contributed by atoms with Crippen molar-refractivity contribution >= 4 is 17.4 Å². The molecule has 1 fully saturated rings. The van der Waals surface area contributed by atoms with E-state index < -0.39 is 5.60 Å². The van der Waals surface area contributed by atoms with Gasteiger partial charge in [0.2, 0.25) is 0 Å². The Kier molecular flexibility index (Phi) is 4.42. The number of hydrogen-bond donors (Lipinski definition) is 2. The highest BCUT2D eigenvalue weighted by Crippen LogP contribution is 2.29. The van der Waals surface area contributed by atoms with Gasteiger partial charge in [-0.25, -0.2) is 4.79 Å². The van der Waals surface area contributed by atoms with E-state index in [0.717, 1.165) is 24.2 Å². The predicted molar refractivity (Wildman–Crippen MR) is 85.8 cm³/mol. The lowest BCUT2D eigenvalue weighted by Crippen LogP contribution is -2.49. The molecule has 2 rings (SSSR count). The van der Waals surface area contributed by atoms with Crippen LogP contribution in [0.2, 0.25) is 0 Å². The summed E-state index contributed by atoms with van der Waals surface area (Å²) in [6.07, 6.45) is 1.77. The number of carbonyl (C=O) groups excluding carboxylic acids is 1. The van der Waals surface area contributed by atoms with Gasteiger partial charge in [0.25, 0.3) is 0 Å². The van der Waals surface area contributed by atoms with E-state index in [1.54, 1.807) is 18.7 Å². The minimum absolute atomic E-state index is 0.135. The van der Waals surface area contributed by atoms with Crippen LogP contribution >= 0.6 is 0 Å². The summed E-state index contributed by atoms with van der Waals surface area (Å²) in [6.45, 7) is 4.21. The molecule has 1 aliphatic heterocycles. The van der Waals surface area contributed by atoms with Gasteiger partial charge >= 0.3 is 6.03 Å². The molecule has 0 aromatic heterocycles. The van der Waals surface area contributed by atoms with Crippen LogP contribution in [-0.2, 0) is 0 Å². The van der Waals surface area contributed by atoms with Gasteiger partial charge in [-0.2, -0.15) is 0 Å². The molecule has 1 heterocycles. The molecule has 5 nitrogen and oxygen atoms in total. The molecule has 1 aromatic rings. The average molecular weight is 291 g/mol. The van der Waals surface area contributed by atoms with E-state index in [9.17, 15) is 9.90 Å². The first kappa shape index (κ1) is 15.6. The zero-order valence-corrected chi connectivity index (χ0v) is 13.3. The summed E-state index contributed by atoms with van der Waals surface area (Å²) in [6, 6.07) is 7.42.